The number of nitrogens with zero attached hydrogens (tertiary/aromatic N) is 2. The summed E-state index contributed by atoms with van der Waals surface area (Å²) < 4.78 is 25.2. The summed E-state index contributed by atoms with van der Waals surface area (Å²) in [6.07, 6.45) is 4.65. The van der Waals surface area contributed by atoms with Crippen molar-refractivity contribution in [1.82, 2.24) is 15.3 Å². The van der Waals surface area contributed by atoms with E-state index in [1.165, 1.54) is 31.5 Å². The van der Waals surface area contributed by atoms with Crippen LogP contribution >= 0.6 is 0 Å². The molecule has 0 bridgehead atoms. The number of piperidine rings is 1. The third-order valence-electron chi connectivity index (χ3n) is 4.60. The first-order valence-corrected chi connectivity index (χ1v) is 7.25. The maximum atomic E-state index is 12.6. The molecule has 3 rings (SSSR count). The molecule has 1 aliphatic carbocycles. The molecule has 1 saturated carbocycles. The van der Waals surface area contributed by atoms with Crippen molar-refractivity contribution in [3.8, 4) is 0 Å². The van der Waals surface area contributed by atoms with Gasteiger partial charge >= 0.3 is 0 Å². The summed E-state index contributed by atoms with van der Waals surface area (Å²) in [5.41, 5.74) is 0.223. The Morgan fingerprint density at radius 2 is 2.10 bits per heavy atom. The largest absolute Gasteiger partial charge is 0.351 e. The smallest absolute Gasteiger partial charge is 0.280 e. The molecule has 6 heteroatoms. The van der Waals surface area contributed by atoms with Gasteiger partial charge in [-0.1, -0.05) is 0 Å². The van der Waals surface area contributed by atoms with Gasteiger partial charge in [-0.05, 0) is 56.7 Å². The third-order valence-corrected chi connectivity index (χ3v) is 4.60. The van der Waals surface area contributed by atoms with E-state index in [-0.39, 0.29) is 5.69 Å². The number of hydrogen-bond acceptors (Lipinski definition) is 4. The highest BCUT2D eigenvalue weighted by atomic mass is 19.3. The van der Waals surface area contributed by atoms with Gasteiger partial charge in [-0.3, -0.25) is 0 Å². The van der Waals surface area contributed by atoms with Crippen molar-refractivity contribution in [3.05, 3.63) is 18.0 Å². The molecule has 2 fully saturated rings. The molecule has 20 heavy (non-hydrogen) atoms. The van der Waals surface area contributed by atoms with Crippen molar-refractivity contribution in [2.75, 3.05) is 18.4 Å². The van der Waals surface area contributed by atoms with E-state index in [4.69, 9.17) is 0 Å². The van der Waals surface area contributed by atoms with Gasteiger partial charge in [0, 0.05) is 12.2 Å². The molecule has 1 saturated heterocycles. The van der Waals surface area contributed by atoms with Crippen molar-refractivity contribution < 1.29 is 8.78 Å². The molecule has 4 nitrogen and oxygen atoms in total. The monoisotopic (exact) mass is 282 g/mol. The maximum Gasteiger partial charge on any atom is 0.280 e. The Balaban J connectivity index is 1.63. The highest BCUT2D eigenvalue weighted by Crippen LogP contribution is 2.45. The summed E-state index contributed by atoms with van der Waals surface area (Å²) in [5, 5.41) is 6.62. The Bertz CT molecular complexity index is 460. The molecule has 0 aromatic carbocycles. The van der Waals surface area contributed by atoms with Crippen LogP contribution in [0.25, 0.3) is 0 Å². The zero-order chi connectivity index (χ0) is 14.0. The fourth-order valence-electron chi connectivity index (χ4n) is 3.49. The zero-order valence-corrected chi connectivity index (χ0v) is 11.4. The lowest BCUT2D eigenvalue weighted by Crippen LogP contribution is -2.35. The van der Waals surface area contributed by atoms with E-state index in [0.29, 0.717) is 17.4 Å². The van der Waals surface area contributed by atoms with E-state index in [1.54, 1.807) is 0 Å². The van der Waals surface area contributed by atoms with E-state index in [1.807, 2.05) is 0 Å². The molecular weight excluding hydrogens is 262 g/mol. The molecule has 2 N–H and O–H groups in total. The van der Waals surface area contributed by atoms with E-state index >= 15 is 0 Å². The molecule has 1 aromatic heterocycles. The van der Waals surface area contributed by atoms with E-state index in [9.17, 15) is 8.78 Å². The highest BCUT2D eigenvalue weighted by Gasteiger charge is 2.39. The second-order valence-corrected chi connectivity index (χ2v) is 5.94. The quantitative estimate of drug-likeness (QED) is 0.895. The Morgan fingerprint density at radius 3 is 2.85 bits per heavy atom. The van der Waals surface area contributed by atoms with Crippen LogP contribution in [0.15, 0.2) is 12.3 Å². The van der Waals surface area contributed by atoms with Crippen molar-refractivity contribution in [2.45, 2.75) is 44.6 Å². The second-order valence-electron chi connectivity index (χ2n) is 5.94. The van der Waals surface area contributed by atoms with Crippen molar-refractivity contribution in [3.63, 3.8) is 0 Å². The summed E-state index contributed by atoms with van der Waals surface area (Å²) >= 11 is 0. The van der Waals surface area contributed by atoms with Crippen LogP contribution in [0.3, 0.4) is 0 Å². The number of nitrogens with one attached hydrogen (secondary N) is 2. The maximum absolute atomic E-state index is 12.6. The molecule has 1 atom stereocenters. The van der Waals surface area contributed by atoms with Gasteiger partial charge in [0.15, 0.2) is 0 Å². The van der Waals surface area contributed by atoms with Gasteiger partial charge in [0.25, 0.3) is 6.43 Å². The van der Waals surface area contributed by atoms with Crippen LogP contribution in [-0.4, -0.2) is 29.1 Å². The zero-order valence-electron chi connectivity index (χ0n) is 11.4. The number of rotatable bonds is 3. The topological polar surface area (TPSA) is 49.8 Å². The predicted octanol–water partition coefficient (Wildman–Crippen LogP) is 2.75. The minimum Gasteiger partial charge on any atom is -0.351 e. The molecule has 1 spiro atoms. The first kappa shape index (κ1) is 13.7. The molecule has 2 aliphatic rings. The SMILES string of the molecule is FC(F)c1ccnc(NC2CCC3(CCNCC3)C2)n1. The third kappa shape index (κ3) is 2.90. The van der Waals surface area contributed by atoms with Crippen molar-refractivity contribution >= 4 is 5.95 Å². The van der Waals surface area contributed by atoms with Crippen LogP contribution in [0.5, 0.6) is 0 Å². The van der Waals surface area contributed by atoms with Gasteiger partial charge in [-0.2, -0.15) is 0 Å². The Kier molecular flexibility index (Phi) is 3.83. The standard InChI is InChI=1S/C14H20F2N4/c15-12(16)11-2-6-18-13(20-11)19-10-1-3-14(9-10)4-7-17-8-5-14/h2,6,10,12,17H,1,3-5,7-9H2,(H,18,19,20). The summed E-state index contributed by atoms with van der Waals surface area (Å²) in [5.74, 6) is 0.332. The molecule has 0 amide bonds. The number of halogens is 2. The lowest BCUT2D eigenvalue weighted by molar-refractivity contribution is 0.146. The van der Waals surface area contributed by atoms with Gasteiger partial charge < -0.3 is 10.6 Å². The summed E-state index contributed by atoms with van der Waals surface area (Å²) in [6, 6.07) is 1.57. The highest BCUT2D eigenvalue weighted by molar-refractivity contribution is 5.28. The van der Waals surface area contributed by atoms with Gasteiger partial charge in [-0.15, -0.1) is 0 Å². The second kappa shape index (κ2) is 5.60. The molecule has 1 unspecified atom stereocenters. The Morgan fingerprint density at radius 1 is 1.30 bits per heavy atom. The number of alkyl halides is 2. The van der Waals surface area contributed by atoms with E-state index < -0.39 is 6.43 Å². The lowest BCUT2D eigenvalue weighted by Gasteiger charge is -2.34. The Hall–Kier alpha value is -1.30. The number of anilines is 1. The van der Waals surface area contributed by atoms with Gasteiger partial charge in [0.05, 0.1) is 0 Å². The van der Waals surface area contributed by atoms with Crippen molar-refractivity contribution in [1.29, 1.82) is 0 Å². The van der Waals surface area contributed by atoms with Crippen molar-refractivity contribution in [2.24, 2.45) is 5.41 Å². The van der Waals surface area contributed by atoms with Crippen LogP contribution in [0.4, 0.5) is 14.7 Å². The molecule has 0 radical (unpaired) electrons. The minimum absolute atomic E-state index is 0.211. The van der Waals surface area contributed by atoms with Gasteiger partial charge in [-0.25, -0.2) is 18.7 Å². The molecule has 110 valence electrons. The predicted molar refractivity (Wildman–Crippen MR) is 72.8 cm³/mol. The number of hydrogen-bond donors (Lipinski definition) is 2. The van der Waals surface area contributed by atoms with E-state index in [2.05, 4.69) is 20.6 Å². The molecule has 1 aliphatic heterocycles. The van der Waals surface area contributed by atoms with Gasteiger partial charge in [0.1, 0.15) is 5.69 Å². The van der Waals surface area contributed by atoms with Crippen LogP contribution < -0.4 is 10.6 Å². The van der Waals surface area contributed by atoms with Crippen LogP contribution in [0, 0.1) is 5.41 Å². The van der Waals surface area contributed by atoms with Gasteiger partial charge in [0.2, 0.25) is 5.95 Å². The number of aromatic nitrogens is 2. The van der Waals surface area contributed by atoms with E-state index in [0.717, 1.165) is 25.9 Å². The molecule has 2 heterocycles. The molecular formula is C14H20F2N4. The summed E-state index contributed by atoms with van der Waals surface area (Å²) in [4.78, 5) is 7.94. The van der Waals surface area contributed by atoms with Crippen LogP contribution in [0.2, 0.25) is 0 Å². The first-order valence-electron chi connectivity index (χ1n) is 7.25. The fourth-order valence-corrected chi connectivity index (χ4v) is 3.49. The lowest BCUT2D eigenvalue weighted by atomic mass is 9.77. The van der Waals surface area contributed by atoms with Crippen LogP contribution in [-0.2, 0) is 0 Å². The average molecular weight is 282 g/mol. The summed E-state index contributed by atoms with van der Waals surface area (Å²) in [6.45, 7) is 2.17. The minimum atomic E-state index is -2.54. The average Bonchev–Trinajstić information content (AvgIpc) is 2.82. The normalized spacial score (nSPS) is 25.2. The van der Waals surface area contributed by atoms with Crippen LogP contribution in [0.1, 0.15) is 44.2 Å². The fraction of sp³-hybridized carbons (Fsp3) is 0.714. The molecule has 1 aromatic rings. The Labute approximate surface area is 117 Å². The summed E-state index contributed by atoms with van der Waals surface area (Å²) in [7, 11) is 0. The first-order chi connectivity index (χ1) is 9.67.